The molecule has 1 nitrogen and oxygen atoms in total. The van der Waals surface area contributed by atoms with Gasteiger partial charge in [-0.25, -0.2) is 4.39 Å². The van der Waals surface area contributed by atoms with E-state index in [0.717, 1.165) is 11.1 Å². The Hall–Kier alpha value is -1.06. The molecule has 0 radical (unpaired) electrons. The van der Waals surface area contributed by atoms with Gasteiger partial charge < -0.3 is 4.74 Å². The van der Waals surface area contributed by atoms with Gasteiger partial charge in [-0.1, -0.05) is 51.3 Å². The molecular formula is C14H11BrClFO. The zero-order valence-electron chi connectivity index (χ0n) is 9.71. The summed E-state index contributed by atoms with van der Waals surface area (Å²) < 4.78 is 19.3. The summed E-state index contributed by atoms with van der Waals surface area (Å²) in [5.41, 5.74) is 2.10. The van der Waals surface area contributed by atoms with Crippen molar-refractivity contribution in [2.45, 2.75) is 12.3 Å². The second kappa shape index (κ2) is 5.72. The van der Waals surface area contributed by atoms with Crippen LogP contribution in [0.15, 0.2) is 36.4 Å². The molecule has 4 heteroatoms. The summed E-state index contributed by atoms with van der Waals surface area (Å²) in [4.78, 5) is 0. The van der Waals surface area contributed by atoms with Gasteiger partial charge >= 0.3 is 0 Å². The number of alkyl halides is 1. The lowest BCUT2D eigenvalue weighted by molar-refractivity contribution is 0.439. The highest BCUT2D eigenvalue weighted by atomic mass is 79.9. The van der Waals surface area contributed by atoms with Crippen LogP contribution in [0.2, 0.25) is 5.02 Å². The maximum atomic E-state index is 13.7. The van der Waals surface area contributed by atoms with Crippen LogP contribution in [0.3, 0.4) is 0 Å². The lowest BCUT2D eigenvalue weighted by atomic mass is 10.1. The molecular weight excluding hydrogens is 319 g/mol. The molecule has 0 fully saturated rings. The van der Waals surface area contributed by atoms with Crippen molar-refractivity contribution in [3.63, 3.8) is 0 Å². The number of benzene rings is 2. The SMILES string of the molecule is Cc1ccc(Oc2cccc(Cl)c2F)c(CBr)c1. The predicted molar refractivity (Wildman–Crippen MR) is 75.3 cm³/mol. The molecule has 94 valence electrons. The molecule has 0 aromatic heterocycles. The van der Waals surface area contributed by atoms with Gasteiger partial charge in [0.25, 0.3) is 0 Å². The van der Waals surface area contributed by atoms with Gasteiger partial charge in [-0.15, -0.1) is 0 Å². The van der Waals surface area contributed by atoms with Gasteiger partial charge in [0.05, 0.1) is 5.02 Å². The van der Waals surface area contributed by atoms with E-state index >= 15 is 0 Å². The van der Waals surface area contributed by atoms with E-state index in [9.17, 15) is 4.39 Å². The standard InChI is InChI=1S/C14H11BrClFO/c1-9-5-6-12(10(7-9)8-15)18-13-4-2-3-11(16)14(13)17/h2-7H,8H2,1H3. The normalized spacial score (nSPS) is 10.4. The molecule has 0 aliphatic heterocycles. The molecule has 0 spiro atoms. The zero-order chi connectivity index (χ0) is 13.1. The molecule has 0 saturated heterocycles. The van der Waals surface area contributed by atoms with Crippen LogP contribution in [0.25, 0.3) is 0 Å². The summed E-state index contributed by atoms with van der Waals surface area (Å²) in [6, 6.07) is 10.4. The van der Waals surface area contributed by atoms with E-state index in [0.29, 0.717) is 11.1 Å². The van der Waals surface area contributed by atoms with Gasteiger partial charge in [0.1, 0.15) is 5.75 Å². The lowest BCUT2D eigenvalue weighted by Gasteiger charge is -2.11. The second-order valence-electron chi connectivity index (χ2n) is 3.90. The summed E-state index contributed by atoms with van der Waals surface area (Å²) in [6.07, 6.45) is 0. The fraction of sp³-hybridized carbons (Fsp3) is 0.143. The molecule has 0 bridgehead atoms. The van der Waals surface area contributed by atoms with Crippen molar-refractivity contribution in [2.75, 3.05) is 0 Å². The van der Waals surface area contributed by atoms with Crippen LogP contribution < -0.4 is 4.74 Å². The Kier molecular flexibility index (Phi) is 4.25. The first-order chi connectivity index (χ1) is 8.61. The third-order valence-electron chi connectivity index (χ3n) is 2.50. The molecule has 2 rings (SSSR count). The molecule has 2 aromatic carbocycles. The van der Waals surface area contributed by atoms with E-state index in [-0.39, 0.29) is 10.8 Å². The molecule has 2 aromatic rings. The highest BCUT2D eigenvalue weighted by molar-refractivity contribution is 9.08. The van der Waals surface area contributed by atoms with Crippen LogP contribution in [0.1, 0.15) is 11.1 Å². The smallest absolute Gasteiger partial charge is 0.184 e. The quantitative estimate of drug-likeness (QED) is 0.678. The van der Waals surface area contributed by atoms with Crippen LogP contribution in [-0.2, 0) is 5.33 Å². The minimum Gasteiger partial charge on any atom is -0.454 e. The van der Waals surface area contributed by atoms with Gasteiger partial charge in [0.2, 0.25) is 0 Å². The number of hydrogen-bond donors (Lipinski definition) is 0. The van der Waals surface area contributed by atoms with Crippen molar-refractivity contribution >= 4 is 27.5 Å². The summed E-state index contributed by atoms with van der Waals surface area (Å²) in [5.74, 6) is 0.215. The first kappa shape index (κ1) is 13.4. The van der Waals surface area contributed by atoms with E-state index in [1.165, 1.54) is 6.07 Å². The molecule has 18 heavy (non-hydrogen) atoms. The molecule has 0 atom stereocenters. The van der Waals surface area contributed by atoms with Crippen molar-refractivity contribution in [3.05, 3.63) is 58.4 Å². The molecule has 0 unspecified atom stereocenters. The van der Waals surface area contributed by atoms with Crippen molar-refractivity contribution < 1.29 is 9.13 Å². The highest BCUT2D eigenvalue weighted by Crippen LogP contribution is 2.31. The Morgan fingerprint density at radius 2 is 2.00 bits per heavy atom. The van der Waals surface area contributed by atoms with Crippen LogP contribution in [0, 0.1) is 12.7 Å². The van der Waals surface area contributed by atoms with Gasteiger partial charge in [-0.05, 0) is 25.1 Å². The van der Waals surface area contributed by atoms with Crippen LogP contribution in [0.4, 0.5) is 4.39 Å². The van der Waals surface area contributed by atoms with E-state index in [1.54, 1.807) is 12.1 Å². The zero-order valence-corrected chi connectivity index (χ0v) is 12.1. The summed E-state index contributed by atoms with van der Waals surface area (Å²) in [6.45, 7) is 2.00. The molecule has 0 N–H and O–H groups in total. The minimum absolute atomic E-state index is 0.0556. The van der Waals surface area contributed by atoms with E-state index in [1.807, 2.05) is 25.1 Å². The maximum absolute atomic E-state index is 13.7. The monoisotopic (exact) mass is 328 g/mol. The topological polar surface area (TPSA) is 9.23 Å². The molecule has 0 aliphatic rings. The summed E-state index contributed by atoms with van der Waals surface area (Å²) >= 11 is 9.10. The number of hydrogen-bond acceptors (Lipinski definition) is 1. The van der Waals surface area contributed by atoms with Gasteiger partial charge in [-0.2, -0.15) is 0 Å². The van der Waals surface area contributed by atoms with Gasteiger partial charge in [0.15, 0.2) is 11.6 Å². The second-order valence-corrected chi connectivity index (χ2v) is 4.87. The van der Waals surface area contributed by atoms with E-state index in [4.69, 9.17) is 16.3 Å². The first-order valence-electron chi connectivity index (χ1n) is 5.39. The Labute approximate surface area is 119 Å². The van der Waals surface area contributed by atoms with Crippen molar-refractivity contribution in [2.24, 2.45) is 0 Å². The summed E-state index contributed by atoms with van der Waals surface area (Å²) in [7, 11) is 0. The highest BCUT2D eigenvalue weighted by Gasteiger charge is 2.10. The minimum atomic E-state index is -0.541. The van der Waals surface area contributed by atoms with Crippen molar-refractivity contribution in [1.29, 1.82) is 0 Å². The Balaban J connectivity index is 2.37. The largest absolute Gasteiger partial charge is 0.454 e. The fourth-order valence-corrected chi connectivity index (χ4v) is 2.20. The number of aryl methyl sites for hydroxylation is 1. The van der Waals surface area contributed by atoms with E-state index < -0.39 is 5.82 Å². The van der Waals surface area contributed by atoms with Crippen LogP contribution >= 0.6 is 27.5 Å². The lowest BCUT2D eigenvalue weighted by Crippen LogP contribution is -1.93. The molecule has 0 heterocycles. The van der Waals surface area contributed by atoms with Gasteiger partial charge in [0, 0.05) is 10.9 Å². The van der Waals surface area contributed by atoms with E-state index in [2.05, 4.69) is 15.9 Å². The molecule has 0 aliphatic carbocycles. The third kappa shape index (κ3) is 2.85. The number of rotatable bonds is 3. The fourth-order valence-electron chi connectivity index (χ4n) is 1.59. The molecule has 0 saturated carbocycles. The maximum Gasteiger partial charge on any atom is 0.184 e. The average molecular weight is 330 g/mol. The summed E-state index contributed by atoms with van der Waals surface area (Å²) in [5, 5.41) is 0.701. The Morgan fingerprint density at radius 3 is 2.72 bits per heavy atom. The Morgan fingerprint density at radius 1 is 1.22 bits per heavy atom. The molecule has 0 amide bonds. The predicted octanol–water partition coefficient (Wildman–Crippen LogP) is 5.47. The average Bonchev–Trinajstić information content (AvgIpc) is 2.37. The first-order valence-corrected chi connectivity index (χ1v) is 6.89. The number of halogens is 3. The van der Waals surface area contributed by atoms with Crippen molar-refractivity contribution in [3.8, 4) is 11.5 Å². The van der Waals surface area contributed by atoms with Crippen LogP contribution in [0.5, 0.6) is 11.5 Å². The van der Waals surface area contributed by atoms with Crippen molar-refractivity contribution in [1.82, 2.24) is 0 Å². The van der Waals surface area contributed by atoms with Gasteiger partial charge in [-0.3, -0.25) is 0 Å². The Bertz CT molecular complexity index is 572. The number of ether oxygens (including phenoxy) is 1. The third-order valence-corrected chi connectivity index (χ3v) is 3.39. The van der Waals surface area contributed by atoms with Crippen LogP contribution in [-0.4, -0.2) is 0 Å².